The second-order valence-corrected chi connectivity index (χ2v) is 7.15. The summed E-state index contributed by atoms with van der Waals surface area (Å²) < 4.78 is 16.2. The Morgan fingerprint density at radius 1 is 0.935 bits per heavy atom. The molecule has 0 fully saturated rings. The van der Waals surface area contributed by atoms with E-state index in [-0.39, 0.29) is 24.6 Å². The zero-order valence-electron chi connectivity index (χ0n) is 17.3. The number of benzene rings is 3. The van der Waals surface area contributed by atoms with Crippen molar-refractivity contribution in [2.75, 3.05) is 6.61 Å². The van der Waals surface area contributed by atoms with Gasteiger partial charge in [0, 0.05) is 5.56 Å². The van der Waals surface area contributed by atoms with Gasteiger partial charge in [-0.2, -0.15) is 0 Å². The highest BCUT2D eigenvalue weighted by molar-refractivity contribution is 6.02. The number of carbonyl (C=O) groups excluding carboxylic acids is 2. The maximum Gasteiger partial charge on any atom is 0.342 e. The van der Waals surface area contributed by atoms with Crippen LogP contribution >= 0.6 is 0 Å². The summed E-state index contributed by atoms with van der Waals surface area (Å²) in [5.74, 6) is 0.140. The molecule has 4 aromatic rings. The topological polar surface area (TPSA) is 78.6 Å². The first-order valence-corrected chi connectivity index (χ1v) is 9.85. The first-order chi connectivity index (χ1) is 15.0. The molecule has 4 rings (SSSR count). The Morgan fingerprint density at radius 2 is 1.68 bits per heavy atom. The fraction of sp³-hybridized carbons (Fsp3) is 0.160. The number of aromatic nitrogens is 1. The minimum atomic E-state index is -0.622. The Kier molecular flexibility index (Phi) is 5.80. The van der Waals surface area contributed by atoms with Crippen molar-refractivity contribution in [3.63, 3.8) is 0 Å². The molecule has 0 unspecified atom stereocenters. The molecule has 0 radical (unpaired) electrons. The van der Waals surface area contributed by atoms with Crippen LogP contribution in [0.1, 0.15) is 37.7 Å². The number of aryl methyl sites for hydroxylation is 2. The Morgan fingerprint density at radius 3 is 2.45 bits per heavy atom. The molecule has 0 N–H and O–H groups in total. The van der Waals surface area contributed by atoms with Crippen LogP contribution in [0.2, 0.25) is 0 Å². The molecule has 0 saturated carbocycles. The molecule has 1 aromatic heterocycles. The summed E-state index contributed by atoms with van der Waals surface area (Å²) in [6.45, 7) is 3.49. The summed E-state index contributed by atoms with van der Waals surface area (Å²) in [5.41, 5.74) is 2.31. The van der Waals surface area contributed by atoms with Gasteiger partial charge < -0.3 is 14.0 Å². The van der Waals surface area contributed by atoms with Gasteiger partial charge >= 0.3 is 5.97 Å². The van der Waals surface area contributed by atoms with Gasteiger partial charge in [-0.1, -0.05) is 53.7 Å². The lowest BCUT2D eigenvalue weighted by Crippen LogP contribution is -2.15. The van der Waals surface area contributed by atoms with E-state index in [1.807, 2.05) is 37.3 Å². The van der Waals surface area contributed by atoms with Crippen LogP contribution in [0.15, 0.2) is 71.3 Å². The highest BCUT2D eigenvalue weighted by atomic mass is 16.5. The molecule has 0 saturated heterocycles. The quantitative estimate of drug-likeness (QED) is 0.310. The smallest absolute Gasteiger partial charge is 0.342 e. The van der Waals surface area contributed by atoms with Crippen molar-refractivity contribution in [1.82, 2.24) is 5.16 Å². The van der Waals surface area contributed by atoms with E-state index in [0.717, 1.165) is 22.0 Å². The number of nitrogens with zero attached hydrogens (tertiary/aromatic N) is 1. The number of carbonyl (C=O) groups is 2. The molecule has 1 heterocycles. The Hall–Kier alpha value is -3.93. The van der Waals surface area contributed by atoms with Crippen molar-refractivity contribution in [1.29, 1.82) is 0 Å². The van der Waals surface area contributed by atoms with E-state index in [2.05, 4.69) is 5.16 Å². The minimum Gasteiger partial charge on any atom is -0.488 e. The first-order valence-electron chi connectivity index (χ1n) is 9.85. The molecule has 0 atom stereocenters. The van der Waals surface area contributed by atoms with Crippen LogP contribution in [0.4, 0.5) is 0 Å². The van der Waals surface area contributed by atoms with Crippen molar-refractivity contribution < 1.29 is 23.6 Å². The van der Waals surface area contributed by atoms with Crippen LogP contribution in [-0.2, 0) is 11.3 Å². The van der Waals surface area contributed by atoms with Crippen molar-refractivity contribution in [3.8, 4) is 5.75 Å². The van der Waals surface area contributed by atoms with Crippen LogP contribution in [0.3, 0.4) is 0 Å². The number of para-hydroxylation sites is 1. The molecule has 0 spiro atoms. The molecule has 6 nitrogen and oxygen atoms in total. The van der Waals surface area contributed by atoms with Gasteiger partial charge in [-0.3, -0.25) is 4.79 Å². The van der Waals surface area contributed by atoms with E-state index in [0.29, 0.717) is 17.1 Å². The van der Waals surface area contributed by atoms with Crippen molar-refractivity contribution in [2.45, 2.75) is 20.5 Å². The summed E-state index contributed by atoms with van der Waals surface area (Å²) in [6, 6.07) is 19.9. The van der Waals surface area contributed by atoms with Gasteiger partial charge in [0.1, 0.15) is 23.7 Å². The molecular weight excluding hydrogens is 394 g/mol. The van der Waals surface area contributed by atoms with E-state index >= 15 is 0 Å². The number of ether oxygens (including phenoxy) is 2. The maximum atomic E-state index is 12.6. The summed E-state index contributed by atoms with van der Waals surface area (Å²) in [5, 5.41) is 5.90. The van der Waals surface area contributed by atoms with Gasteiger partial charge in [0.15, 0.2) is 12.4 Å². The van der Waals surface area contributed by atoms with Gasteiger partial charge in [-0.25, -0.2) is 4.79 Å². The molecule has 3 aromatic carbocycles. The Labute approximate surface area is 179 Å². The van der Waals surface area contributed by atoms with Gasteiger partial charge in [-0.05, 0) is 42.8 Å². The molecule has 0 amide bonds. The molecule has 0 bridgehead atoms. The van der Waals surface area contributed by atoms with Gasteiger partial charge in [0.2, 0.25) is 0 Å². The van der Waals surface area contributed by atoms with E-state index in [1.54, 1.807) is 43.3 Å². The van der Waals surface area contributed by atoms with Crippen molar-refractivity contribution >= 4 is 22.5 Å². The van der Waals surface area contributed by atoms with Crippen molar-refractivity contribution in [2.24, 2.45) is 0 Å². The number of Topliss-reactive ketones (excluding diaryl/α,β-unsaturated/α-hetero) is 1. The first kappa shape index (κ1) is 20.3. The highest BCUT2D eigenvalue weighted by Gasteiger charge is 2.17. The van der Waals surface area contributed by atoms with Gasteiger partial charge in [0.25, 0.3) is 0 Å². The third-order valence-corrected chi connectivity index (χ3v) is 5.07. The van der Waals surface area contributed by atoms with Crippen LogP contribution in [-0.4, -0.2) is 23.5 Å². The number of ketones is 1. The predicted octanol–water partition coefficient (Wildman–Crippen LogP) is 5.06. The normalized spacial score (nSPS) is 10.8. The summed E-state index contributed by atoms with van der Waals surface area (Å²) in [6.07, 6.45) is 0. The molecule has 31 heavy (non-hydrogen) atoms. The second kappa shape index (κ2) is 8.83. The van der Waals surface area contributed by atoms with Crippen molar-refractivity contribution in [3.05, 3.63) is 94.9 Å². The van der Waals surface area contributed by atoms with Crippen LogP contribution in [0.5, 0.6) is 5.75 Å². The standard InChI is InChI=1S/C25H21NO5/c1-16-22(17(2)31-26-16)14-29-24-10-6-5-9-21(24)25(28)30-15-23(27)20-12-11-18-7-3-4-8-19(18)13-20/h3-13H,14-15H2,1-2H3. The lowest BCUT2D eigenvalue weighted by atomic mass is 10.0. The van der Waals surface area contributed by atoms with E-state index in [4.69, 9.17) is 14.0 Å². The number of esters is 1. The lowest BCUT2D eigenvalue weighted by Gasteiger charge is -2.11. The number of hydrogen-bond acceptors (Lipinski definition) is 6. The maximum absolute atomic E-state index is 12.6. The number of fused-ring (bicyclic) bond motifs is 1. The monoisotopic (exact) mass is 415 g/mol. The SMILES string of the molecule is Cc1noc(C)c1COc1ccccc1C(=O)OCC(=O)c1ccc2ccccc2c1. The lowest BCUT2D eigenvalue weighted by molar-refractivity contribution is 0.0470. The number of hydrogen-bond donors (Lipinski definition) is 0. The van der Waals surface area contributed by atoms with E-state index in [9.17, 15) is 9.59 Å². The molecule has 0 aliphatic carbocycles. The zero-order chi connectivity index (χ0) is 21.8. The average molecular weight is 415 g/mol. The van der Waals surface area contributed by atoms with Gasteiger partial charge in [-0.15, -0.1) is 0 Å². The van der Waals surface area contributed by atoms with E-state index < -0.39 is 5.97 Å². The summed E-state index contributed by atoms with van der Waals surface area (Å²) in [7, 11) is 0. The fourth-order valence-corrected chi connectivity index (χ4v) is 3.27. The second-order valence-electron chi connectivity index (χ2n) is 7.15. The Bertz CT molecular complexity index is 1240. The Balaban J connectivity index is 1.43. The van der Waals surface area contributed by atoms with Crippen LogP contribution in [0.25, 0.3) is 10.8 Å². The van der Waals surface area contributed by atoms with E-state index in [1.165, 1.54) is 0 Å². The average Bonchev–Trinajstić information content (AvgIpc) is 3.12. The molecule has 0 aliphatic rings. The summed E-state index contributed by atoms with van der Waals surface area (Å²) >= 11 is 0. The van der Waals surface area contributed by atoms with Gasteiger partial charge in [0.05, 0.1) is 11.3 Å². The fourth-order valence-electron chi connectivity index (χ4n) is 3.27. The highest BCUT2D eigenvalue weighted by Crippen LogP contribution is 2.22. The molecule has 6 heteroatoms. The third kappa shape index (κ3) is 4.48. The molecule has 156 valence electrons. The minimum absolute atomic E-state index is 0.210. The zero-order valence-corrected chi connectivity index (χ0v) is 17.3. The summed E-state index contributed by atoms with van der Waals surface area (Å²) in [4.78, 5) is 25.2. The third-order valence-electron chi connectivity index (χ3n) is 5.07. The predicted molar refractivity (Wildman–Crippen MR) is 115 cm³/mol. The largest absolute Gasteiger partial charge is 0.488 e. The number of rotatable bonds is 7. The van der Waals surface area contributed by atoms with Crippen LogP contribution < -0.4 is 4.74 Å². The molecular formula is C25H21NO5. The van der Waals surface area contributed by atoms with Crippen LogP contribution in [0, 0.1) is 13.8 Å². The molecule has 0 aliphatic heterocycles.